The van der Waals surface area contributed by atoms with Crippen LogP contribution in [0, 0.1) is 0 Å². The Kier molecular flexibility index (Phi) is 1.63. The average molecular weight is 203 g/mol. The number of fused-ring (bicyclic) bond motifs is 1. The number of aromatic nitrogens is 3. The maximum atomic E-state index is 12.3. The quantitative estimate of drug-likeness (QED) is 0.677. The van der Waals surface area contributed by atoms with E-state index in [4.69, 9.17) is 0 Å². The van der Waals surface area contributed by atoms with Gasteiger partial charge < -0.3 is 0 Å². The molecule has 0 atom stereocenters. The number of hydrogen-bond acceptors (Lipinski definition) is 2. The number of nitrogens with zero attached hydrogens (tertiary/aromatic N) is 1. The molecule has 7 heteroatoms. The summed E-state index contributed by atoms with van der Waals surface area (Å²) in [5.41, 5.74) is -1.89. The van der Waals surface area contributed by atoms with Gasteiger partial charge in [0.25, 0.3) is 5.56 Å². The molecule has 2 aromatic heterocycles. The Morgan fingerprint density at radius 3 is 2.64 bits per heavy atom. The Morgan fingerprint density at radius 1 is 1.29 bits per heavy atom. The summed E-state index contributed by atoms with van der Waals surface area (Å²) in [4.78, 5) is 14.2. The van der Waals surface area contributed by atoms with Gasteiger partial charge >= 0.3 is 6.18 Å². The fraction of sp³-hybridized carbons (Fsp3) is 0.143. The smallest absolute Gasteiger partial charge is 0.297 e. The molecule has 2 rings (SSSR count). The molecular weight excluding hydrogens is 199 g/mol. The molecule has 0 aliphatic heterocycles. The summed E-state index contributed by atoms with van der Waals surface area (Å²) >= 11 is 0. The van der Waals surface area contributed by atoms with Crippen LogP contribution >= 0.6 is 0 Å². The zero-order valence-corrected chi connectivity index (χ0v) is 6.64. The molecular formula is C7H4F3N3O. The van der Waals surface area contributed by atoms with Crippen molar-refractivity contribution >= 4 is 10.9 Å². The third kappa shape index (κ3) is 1.17. The summed E-state index contributed by atoms with van der Waals surface area (Å²) < 4.78 is 37.0. The molecule has 0 unspecified atom stereocenters. The predicted octanol–water partition coefficient (Wildman–Crippen LogP) is 1.27. The van der Waals surface area contributed by atoms with Crippen LogP contribution in [0.25, 0.3) is 10.9 Å². The van der Waals surface area contributed by atoms with Crippen LogP contribution in [-0.2, 0) is 6.18 Å². The summed E-state index contributed by atoms with van der Waals surface area (Å²) in [6.45, 7) is 0. The molecule has 14 heavy (non-hydrogen) atoms. The minimum Gasteiger partial charge on any atom is -0.297 e. The second kappa shape index (κ2) is 2.60. The van der Waals surface area contributed by atoms with Crippen molar-refractivity contribution in [3.63, 3.8) is 0 Å². The number of aromatic amines is 2. The molecule has 4 nitrogen and oxygen atoms in total. The maximum absolute atomic E-state index is 12.3. The molecule has 2 heterocycles. The molecule has 0 amide bonds. The Labute approximate surface area is 74.8 Å². The fourth-order valence-electron chi connectivity index (χ4n) is 1.20. The van der Waals surface area contributed by atoms with Crippen molar-refractivity contribution < 1.29 is 13.2 Å². The van der Waals surface area contributed by atoms with Crippen molar-refractivity contribution in [1.29, 1.82) is 0 Å². The SMILES string of the molecule is O=c1[nH][nH]c2ccnc(C(F)(F)F)c12. The van der Waals surface area contributed by atoms with E-state index in [-0.39, 0.29) is 5.52 Å². The molecule has 0 bridgehead atoms. The Bertz CT molecular complexity index is 525. The first-order valence-electron chi connectivity index (χ1n) is 3.62. The number of alkyl halides is 3. The van der Waals surface area contributed by atoms with Crippen molar-refractivity contribution in [1.82, 2.24) is 15.2 Å². The molecule has 0 fully saturated rings. The molecule has 0 aliphatic rings. The van der Waals surface area contributed by atoms with Crippen molar-refractivity contribution in [3.8, 4) is 0 Å². The van der Waals surface area contributed by atoms with Gasteiger partial charge in [0.1, 0.15) is 0 Å². The van der Waals surface area contributed by atoms with Crippen LogP contribution in [-0.4, -0.2) is 15.2 Å². The predicted molar refractivity (Wildman–Crippen MR) is 41.7 cm³/mol. The van der Waals surface area contributed by atoms with Crippen molar-refractivity contribution in [2.45, 2.75) is 6.18 Å². The van der Waals surface area contributed by atoms with Gasteiger partial charge in [-0.3, -0.25) is 20.0 Å². The van der Waals surface area contributed by atoms with Crippen LogP contribution < -0.4 is 5.56 Å². The lowest BCUT2D eigenvalue weighted by Gasteiger charge is -2.04. The van der Waals surface area contributed by atoms with E-state index < -0.39 is 22.8 Å². The van der Waals surface area contributed by atoms with Crippen molar-refractivity contribution in [3.05, 3.63) is 28.3 Å². The monoisotopic (exact) mass is 203 g/mol. The molecule has 0 spiro atoms. The second-order valence-electron chi connectivity index (χ2n) is 2.66. The van der Waals surface area contributed by atoms with Gasteiger partial charge in [-0.15, -0.1) is 0 Å². The van der Waals surface area contributed by atoms with Crippen LogP contribution in [0.5, 0.6) is 0 Å². The molecule has 2 aromatic rings. The van der Waals surface area contributed by atoms with E-state index >= 15 is 0 Å². The van der Waals surface area contributed by atoms with Crippen LogP contribution in [0.15, 0.2) is 17.1 Å². The highest BCUT2D eigenvalue weighted by molar-refractivity contribution is 5.80. The topological polar surface area (TPSA) is 61.5 Å². The highest BCUT2D eigenvalue weighted by atomic mass is 19.4. The molecule has 0 saturated carbocycles. The number of H-pyrrole nitrogens is 2. The lowest BCUT2D eigenvalue weighted by molar-refractivity contribution is -0.139. The Balaban J connectivity index is 2.89. The Morgan fingerprint density at radius 2 is 2.00 bits per heavy atom. The number of halogens is 3. The van der Waals surface area contributed by atoms with Crippen LogP contribution in [0.4, 0.5) is 13.2 Å². The van der Waals surface area contributed by atoms with Gasteiger partial charge in [-0.25, -0.2) is 0 Å². The highest BCUT2D eigenvalue weighted by Crippen LogP contribution is 2.30. The first-order valence-corrected chi connectivity index (χ1v) is 3.62. The summed E-state index contributed by atoms with van der Waals surface area (Å²) in [6.07, 6.45) is -3.62. The largest absolute Gasteiger partial charge is 0.434 e. The van der Waals surface area contributed by atoms with E-state index in [1.54, 1.807) is 0 Å². The maximum Gasteiger partial charge on any atom is 0.434 e. The summed E-state index contributed by atoms with van der Waals surface area (Å²) in [7, 11) is 0. The first-order chi connectivity index (χ1) is 6.50. The summed E-state index contributed by atoms with van der Waals surface area (Å²) in [5.74, 6) is 0. The molecule has 2 N–H and O–H groups in total. The van der Waals surface area contributed by atoms with Gasteiger partial charge in [0, 0.05) is 6.20 Å². The van der Waals surface area contributed by atoms with E-state index in [0.717, 1.165) is 6.20 Å². The van der Waals surface area contributed by atoms with Gasteiger partial charge in [-0.05, 0) is 6.07 Å². The number of nitrogens with one attached hydrogen (secondary N) is 2. The van der Waals surface area contributed by atoms with Crippen LogP contribution in [0.2, 0.25) is 0 Å². The lowest BCUT2D eigenvalue weighted by atomic mass is 10.2. The lowest BCUT2D eigenvalue weighted by Crippen LogP contribution is -2.12. The van der Waals surface area contributed by atoms with Gasteiger partial charge in [-0.2, -0.15) is 13.2 Å². The van der Waals surface area contributed by atoms with Crippen LogP contribution in [0.1, 0.15) is 5.69 Å². The van der Waals surface area contributed by atoms with Gasteiger partial charge in [-0.1, -0.05) is 0 Å². The molecule has 74 valence electrons. The third-order valence-corrected chi connectivity index (χ3v) is 1.76. The Hall–Kier alpha value is -1.79. The van der Waals surface area contributed by atoms with E-state index in [1.165, 1.54) is 6.07 Å². The van der Waals surface area contributed by atoms with Gasteiger partial charge in [0.05, 0.1) is 10.9 Å². The van der Waals surface area contributed by atoms with E-state index in [2.05, 4.69) is 15.2 Å². The first kappa shape index (κ1) is 8.79. The normalized spacial score (nSPS) is 12.2. The summed E-state index contributed by atoms with van der Waals surface area (Å²) in [6, 6.07) is 1.29. The van der Waals surface area contributed by atoms with Crippen LogP contribution in [0.3, 0.4) is 0 Å². The summed E-state index contributed by atoms with van der Waals surface area (Å²) in [5, 5.41) is 3.93. The minimum atomic E-state index is -4.62. The standard InChI is InChI=1S/C7H4F3N3O/c8-7(9,10)5-4-3(1-2-11-5)12-13-6(4)14/h1-2H,(H2,12,13,14). The second-order valence-corrected chi connectivity index (χ2v) is 2.66. The highest BCUT2D eigenvalue weighted by Gasteiger charge is 2.35. The number of hydrogen-bond donors (Lipinski definition) is 2. The van der Waals surface area contributed by atoms with E-state index in [1.807, 2.05) is 0 Å². The van der Waals surface area contributed by atoms with Gasteiger partial charge in [0.2, 0.25) is 0 Å². The minimum absolute atomic E-state index is 0.0947. The number of pyridine rings is 1. The van der Waals surface area contributed by atoms with Gasteiger partial charge in [0.15, 0.2) is 5.69 Å². The molecule has 0 saturated heterocycles. The third-order valence-electron chi connectivity index (χ3n) is 1.76. The van der Waals surface area contributed by atoms with Crippen molar-refractivity contribution in [2.24, 2.45) is 0 Å². The molecule has 0 aliphatic carbocycles. The number of rotatable bonds is 0. The van der Waals surface area contributed by atoms with E-state index in [0.29, 0.717) is 0 Å². The van der Waals surface area contributed by atoms with Crippen molar-refractivity contribution in [2.75, 3.05) is 0 Å². The molecule has 0 aromatic carbocycles. The van der Waals surface area contributed by atoms with E-state index in [9.17, 15) is 18.0 Å². The average Bonchev–Trinajstić information content (AvgIpc) is 2.46. The fourth-order valence-corrected chi connectivity index (χ4v) is 1.20. The molecule has 0 radical (unpaired) electrons. The zero-order valence-electron chi connectivity index (χ0n) is 6.64. The zero-order chi connectivity index (χ0) is 10.3.